The van der Waals surface area contributed by atoms with E-state index < -0.39 is 11.6 Å². The summed E-state index contributed by atoms with van der Waals surface area (Å²) in [6, 6.07) is 0. The summed E-state index contributed by atoms with van der Waals surface area (Å²) in [6.45, 7) is 0.138. The first-order valence-electron chi connectivity index (χ1n) is 3.29. The fourth-order valence-electron chi connectivity index (χ4n) is 1.10. The van der Waals surface area contributed by atoms with E-state index in [-0.39, 0.29) is 38.2 Å². The van der Waals surface area contributed by atoms with Crippen molar-refractivity contribution in [3.63, 3.8) is 0 Å². The van der Waals surface area contributed by atoms with Crippen LogP contribution < -0.4 is 5.73 Å². The minimum atomic E-state index is -4.02. The molecule has 68 valence electrons. The summed E-state index contributed by atoms with van der Waals surface area (Å²) in [5, 5.41) is 0. The first-order chi connectivity index (χ1) is 4.52. The zero-order chi connectivity index (χ0) is 7.83. The van der Waals surface area contributed by atoms with Gasteiger partial charge in [-0.1, -0.05) is 0 Å². The van der Waals surface area contributed by atoms with Crippen LogP contribution in [-0.4, -0.2) is 12.7 Å². The van der Waals surface area contributed by atoms with E-state index in [0.717, 1.165) is 0 Å². The van der Waals surface area contributed by atoms with Gasteiger partial charge in [0.15, 0.2) is 0 Å². The van der Waals surface area contributed by atoms with Gasteiger partial charge in [-0.15, -0.1) is 12.4 Å². The fourth-order valence-corrected chi connectivity index (χ4v) is 1.10. The Labute approximate surface area is 69.5 Å². The first kappa shape index (κ1) is 11.0. The molecule has 0 amide bonds. The summed E-state index contributed by atoms with van der Waals surface area (Å²) in [6.07, 6.45) is -3.38. The highest BCUT2D eigenvalue weighted by Gasteiger charge is 2.62. The first-order valence-corrected chi connectivity index (χ1v) is 3.29. The molecule has 0 aliphatic heterocycles. The van der Waals surface area contributed by atoms with Crippen molar-refractivity contribution in [3.05, 3.63) is 0 Å². The quantitative estimate of drug-likeness (QED) is 0.708. The zero-order valence-electron chi connectivity index (χ0n) is 5.95. The third kappa shape index (κ3) is 1.99. The highest BCUT2D eigenvalue weighted by Crippen LogP contribution is 2.59. The molecule has 1 nitrogen and oxygen atoms in total. The van der Waals surface area contributed by atoms with Gasteiger partial charge in [-0.2, -0.15) is 13.2 Å². The molecule has 0 radical (unpaired) electrons. The second kappa shape index (κ2) is 3.19. The number of rotatable bonds is 2. The molecular formula is C6H11ClF3N. The van der Waals surface area contributed by atoms with E-state index in [1.54, 1.807) is 0 Å². The van der Waals surface area contributed by atoms with Crippen molar-refractivity contribution in [3.8, 4) is 0 Å². The Hall–Kier alpha value is 0.0400. The van der Waals surface area contributed by atoms with E-state index >= 15 is 0 Å². The smallest absolute Gasteiger partial charge is 0.330 e. The molecule has 0 heterocycles. The molecule has 0 bridgehead atoms. The predicted octanol–water partition coefficient (Wildman–Crippen LogP) is 2.10. The van der Waals surface area contributed by atoms with Gasteiger partial charge in [0.25, 0.3) is 0 Å². The van der Waals surface area contributed by atoms with Gasteiger partial charge in [0.1, 0.15) is 0 Å². The largest absolute Gasteiger partial charge is 0.394 e. The van der Waals surface area contributed by atoms with Crippen LogP contribution in [-0.2, 0) is 0 Å². The molecule has 0 aromatic carbocycles. The molecule has 1 fully saturated rings. The molecule has 11 heavy (non-hydrogen) atoms. The normalized spacial score (nSPS) is 20.7. The van der Waals surface area contributed by atoms with Crippen molar-refractivity contribution >= 4 is 12.4 Å². The third-order valence-electron chi connectivity index (χ3n) is 2.08. The maximum absolute atomic E-state index is 12.0. The van der Waals surface area contributed by atoms with Crippen LogP contribution in [0.1, 0.15) is 19.3 Å². The standard InChI is InChI=1S/C6H10F3N.ClH/c7-6(8,9)5(1-2-5)3-4-10;/h1-4,10H2;1H. The number of alkyl halides is 3. The molecule has 0 unspecified atom stereocenters. The number of hydrogen-bond acceptors (Lipinski definition) is 1. The summed E-state index contributed by atoms with van der Waals surface area (Å²) in [7, 11) is 0. The number of hydrogen-bond donors (Lipinski definition) is 1. The van der Waals surface area contributed by atoms with E-state index in [0.29, 0.717) is 0 Å². The van der Waals surface area contributed by atoms with Crippen molar-refractivity contribution in [1.29, 1.82) is 0 Å². The van der Waals surface area contributed by atoms with Crippen LogP contribution in [0.4, 0.5) is 13.2 Å². The number of halogens is 4. The van der Waals surface area contributed by atoms with Crippen LogP contribution in [0.2, 0.25) is 0 Å². The van der Waals surface area contributed by atoms with Gasteiger partial charge in [0.2, 0.25) is 0 Å². The van der Waals surface area contributed by atoms with Gasteiger partial charge in [-0.05, 0) is 25.8 Å². The minimum Gasteiger partial charge on any atom is -0.330 e. The molecule has 1 aliphatic carbocycles. The van der Waals surface area contributed by atoms with Crippen LogP contribution in [0.15, 0.2) is 0 Å². The summed E-state index contributed by atoms with van der Waals surface area (Å²) < 4.78 is 36.1. The van der Waals surface area contributed by atoms with Crippen LogP contribution >= 0.6 is 12.4 Å². The minimum absolute atomic E-state index is 0. The van der Waals surface area contributed by atoms with E-state index in [4.69, 9.17) is 5.73 Å². The topological polar surface area (TPSA) is 26.0 Å². The average molecular weight is 190 g/mol. The highest BCUT2D eigenvalue weighted by molar-refractivity contribution is 5.85. The average Bonchev–Trinajstić information content (AvgIpc) is 2.45. The molecule has 0 spiro atoms. The fraction of sp³-hybridized carbons (Fsp3) is 1.00. The maximum atomic E-state index is 12.0. The van der Waals surface area contributed by atoms with Gasteiger partial charge < -0.3 is 5.73 Å². The Bertz CT molecular complexity index is 130. The van der Waals surface area contributed by atoms with Gasteiger partial charge in [-0.25, -0.2) is 0 Å². The summed E-state index contributed by atoms with van der Waals surface area (Å²) in [5.74, 6) is 0. The SMILES string of the molecule is Cl.NCCC1(C(F)(F)F)CC1. The van der Waals surface area contributed by atoms with Crippen molar-refractivity contribution in [1.82, 2.24) is 0 Å². The van der Waals surface area contributed by atoms with Crippen LogP contribution in [0.5, 0.6) is 0 Å². The molecule has 1 saturated carbocycles. The molecule has 1 aliphatic rings. The van der Waals surface area contributed by atoms with Gasteiger partial charge in [0, 0.05) is 0 Å². The summed E-state index contributed by atoms with van der Waals surface area (Å²) in [4.78, 5) is 0. The Balaban J connectivity index is 0.000001000. The molecular weight excluding hydrogens is 179 g/mol. The molecule has 0 aromatic rings. The van der Waals surface area contributed by atoms with Crippen LogP contribution in [0.25, 0.3) is 0 Å². The Morgan fingerprint density at radius 2 is 1.73 bits per heavy atom. The lowest BCUT2D eigenvalue weighted by molar-refractivity contribution is -0.188. The van der Waals surface area contributed by atoms with E-state index in [2.05, 4.69) is 0 Å². The van der Waals surface area contributed by atoms with Crippen molar-refractivity contribution in [2.75, 3.05) is 6.54 Å². The molecule has 5 heteroatoms. The van der Waals surface area contributed by atoms with Gasteiger partial charge in [-0.3, -0.25) is 0 Å². The van der Waals surface area contributed by atoms with Gasteiger partial charge >= 0.3 is 6.18 Å². The zero-order valence-corrected chi connectivity index (χ0v) is 6.76. The summed E-state index contributed by atoms with van der Waals surface area (Å²) >= 11 is 0. The lowest BCUT2D eigenvalue weighted by Crippen LogP contribution is -2.26. The van der Waals surface area contributed by atoms with E-state index in [1.807, 2.05) is 0 Å². The van der Waals surface area contributed by atoms with Crippen LogP contribution in [0.3, 0.4) is 0 Å². The Kier molecular flexibility index (Phi) is 3.20. The molecule has 0 aromatic heterocycles. The monoisotopic (exact) mass is 189 g/mol. The maximum Gasteiger partial charge on any atom is 0.394 e. The lowest BCUT2D eigenvalue weighted by Gasteiger charge is -2.17. The van der Waals surface area contributed by atoms with Gasteiger partial charge in [0.05, 0.1) is 5.41 Å². The Morgan fingerprint density at radius 1 is 1.27 bits per heavy atom. The van der Waals surface area contributed by atoms with Crippen molar-refractivity contribution in [2.45, 2.75) is 25.4 Å². The van der Waals surface area contributed by atoms with Crippen LogP contribution in [0, 0.1) is 5.41 Å². The molecule has 0 saturated heterocycles. The molecule has 1 rings (SSSR count). The second-order valence-electron chi connectivity index (χ2n) is 2.82. The van der Waals surface area contributed by atoms with E-state index in [9.17, 15) is 13.2 Å². The third-order valence-corrected chi connectivity index (χ3v) is 2.08. The lowest BCUT2D eigenvalue weighted by atomic mass is 10.0. The van der Waals surface area contributed by atoms with Crippen molar-refractivity contribution in [2.24, 2.45) is 11.1 Å². The summed E-state index contributed by atoms with van der Waals surface area (Å²) in [5.41, 5.74) is 3.66. The molecule has 2 N–H and O–H groups in total. The Morgan fingerprint density at radius 3 is 1.82 bits per heavy atom. The second-order valence-corrected chi connectivity index (χ2v) is 2.82. The predicted molar refractivity (Wildman–Crippen MR) is 38.6 cm³/mol. The highest BCUT2D eigenvalue weighted by atomic mass is 35.5. The van der Waals surface area contributed by atoms with Crippen molar-refractivity contribution < 1.29 is 13.2 Å². The van der Waals surface area contributed by atoms with E-state index in [1.165, 1.54) is 0 Å². The molecule has 0 atom stereocenters. The number of nitrogens with two attached hydrogens (primary N) is 1.